The van der Waals surface area contributed by atoms with Crippen LogP contribution in [0.3, 0.4) is 0 Å². The Morgan fingerprint density at radius 1 is 0.844 bits per heavy atom. The molecule has 0 fully saturated rings. The summed E-state index contributed by atoms with van der Waals surface area (Å²) in [6.45, 7) is 2.27. The van der Waals surface area contributed by atoms with E-state index in [1.165, 1.54) is 119 Å². The van der Waals surface area contributed by atoms with Crippen molar-refractivity contribution in [2.75, 3.05) is 5.75 Å². The lowest BCUT2D eigenvalue weighted by molar-refractivity contribution is -0.385. The number of nitro groups is 1. The molecule has 0 atom stereocenters. The number of carboxylic acids is 1. The predicted octanol–water partition coefficient (Wildman–Crippen LogP) is 9.29. The summed E-state index contributed by atoms with van der Waals surface area (Å²) < 4.78 is 0. The van der Waals surface area contributed by atoms with Crippen molar-refractivity contribution in [1.82, 2.24) is 0 Å². The first-order chi connectivity index (χ1) is 15.6. The second kappa shape index (κ2) is 19.3. The quantitative estimate of drug-likeness (QED) is 0.0812. The molecule has 0 radical (unpaired) electrons. The molecule has 0 aliphatic rings. The highest BCUT2D eigenvalue weighted by Gasteiger charge is 2.20. The number of carboxylic acid groups (broad SMARTS) is 1. The summed E-state index contributed by atoms with van der Waals surface area (Å²) in [4.78, 5) is 22.2. The van der Waals surface area contributed by atoms with Gasteiger partial charge in [0.05, 0.1) is 4.92 Å². The Kier molecular flexibility index (Phi) is 17.4. The van der Waals surface area contributed by atoms with Crippen LogP contribution in [0.1, 0.15) is 120 Å². The topological polar surface area (TPSA) is 80.4 Å². The molecule has 0 bridgehead atoms. The Balaban J connectivity index is 1.93. The van der Waals surface area contributed by atoms with E-state index in [4.69, 9.17) is 5.11 Å². The average Bonchev–Trinajstić information content (AvgIpc) is 2.78. The number of benzene rings is 1. The normalized spacial score (nSPS) is 11.0. The van der Waals surface area contributed by atoms with Crippen LogP contribution in [0, 0.1) is 10.1 Å². The highest BCUT2D eigenvalue weighted by atomic mass is 33.1. The average molecular weight is 484 g/mol. The minimum Gasteiger partial charge on any atom is -0.477 e. The van der Waals surface area contributed by atoms with Crippen molar-refractivity contribution in [3.05, 3.63) is 33.9 Å². The maximum atomic E-state index is 11.2. The van der Waals surface area contributed by atoms with E-state index in [1.54, 1.807) is 16.9 Å². The summed E-state index contributed by atoms with van der Waals surface area (Å²) >= 11 is 0. The van der Waals surface area contributed by atoms with Gasteiger partial charge in [-0.05, 0) is 18.6 Å². The Bertz CT molecular complexity index is 655. The van der Waals surface area contributed by atoms with Gasteiger partial charge in [-0.25, -0.2) is 4.79 Å². The molecular weight excluding hydrogens is 442 g/mol. The van der Waals surface area contributed by atoms with Crippen LogP contribution >= 0.6 is 21.6 Å². The maximum absolute atomic E-state index is 11.2. The minimum absolute atomic E-state index is 0.247. The molecule has 0 aromatic heterocycles. The van der Waals surface area contributed by atoms with Crippen molar-refractivity contribution in [3.63, 3.8) is 0 Å². The van der Waals surface area contributed by atoms with Gasteiger partial charge in [0.15, 0.2) is 0 Å². The van der Waals surface area contributed by atoms with Gasteiger partial charge in [0, 0.05) is 16.7 Å². The number of hydrogen-bond acceptors (Lipinski definition) is 5. The molecule has 0 saturated carbocycles. The van der Waals surface area contributed by atoms with Crippen LogP contribution in [-0.4, -0.2) is 21.8 Å². The monoisotopic (exact) mass is 483 g/mol. The van der Waals surface area contributed by atoms with Crippen LogP contribution in [0.5, 0.6) is 0 Å². The molecule has 1 rings (SSSR count). The van der Waals surface area contributed by atoms with Crippen molar-refractivity contribution >= 4 is 33.2 Å². The van der Waals surface area contributed by atoms with Gasteiger partial charge in [0.1, 0.15) is 5.56 Å². The summed E-state index contributed by atoms with van der Waals surface area (Å²) in [6, 6.07) is 4.29. The molecule has 0 saturated heterocycles. The second-order valence-electron chi connectivity index (χ2n) is 8.45. The predicted molar refractivity (Wildman–Crippen MR) is 138 cm³/mol. The van der Waals surface area contributed by atoms with E-state index in [1.807, 2.05) is 0 Å². The van der Waals surface area contributed by atoms with Crippen molar-refractivity contribution in [1.29, 1.82) is 0 Å². The van der Waals surface area contributed by atoms with Crippen molar-refractivity contribution in [3.8, 4) is 0 Å². The molecular formula is C25H41NO4S2. The number of carbonyl (C=O) groups is 1. The standard InChI is InChI=1S/C25H41NO4S2/c1-2-3-4-5-6-7-8-9-10-11-12-13-14-15-16-17-20-31-32-22-18-19-24(26(29)30)23(21-22)25(27)28/h18-19,21H,2-17,20H2,1H3,(H,27,28). The fraction of sp³-hybridized carbons (Fsp3) is 0.720. The zero-order valence-corrected chi connectivity index (χ0v) is 21.3. The van der Waals surface area contributed by atoms with Gasteiger partial charge in [0.2, 0.25) is 0 Å². The number of hydrogen-bond donors (Lipinski definition) is 1. The van der Waals surface area contributed by atoms with E-state index in [0.717, 1.165) is 17.1 Å². The fourth-order valence-electron chi connectivity index (χ4n) is 3.72. The van der Waals surface area contributed by atoms with E-state index in [9.17, 15) is 14.9 Å². The smallest absolute Gasteiger partial charge is 0.342 e. The molecule has 7 heteroatoms. The summed E-state index contributed by atoms with van der Waals surface area (Å²) in [7, 11) is 3.17. The SMILES string of the molecule is CCCCCCCCCCCCCCCCCCSSc1ccc([N+](=O)[O-])c(C(=O)O)c1. The zero-order valence-electron chi connectivity index (χ0n) is 19.7. The van der Waals surface area contributed by atoms with Gasteiger partial charge in [-0.3, -0.25) is 10.1 Å². The van der Waals surface area contributed by atoms with Crippen molar-refractivity contribution in [2.24, 2.45) is 0 Å². The minimum atomic E-state index is -1.26. The van der Waals surface area contributed by atoms with Crippen LogP contribution in [0.4, 0.5) is 5.69 Å². The zero-order chi connectivity index (χ0) is 23.4. The Morgan fingerprint density at radius 3 is 1.75 bits per heavy atom. The van der Waals surface area contributed by atoms with E-state index >= 15 is 0 Å². The molecule has 0 aliphatic heterocycles. The number of unbranched alkanes of at least 4 members (excludes halogenated alkanes) is 15. The molecule has 1 aromatic rings. The van der Waals surface area contributed by atoms with Crippen molar-refractivity contribution in [2.45, 2.75) is 115 Å². The van der Waals surface area contributed by atoms with Crippen LogP contribution in [0.25, 0.3) is 0 Å². The molecule has 5 nitrogen and oxygen atoms in total. The highest BCUT2D eigenvalue weighted by molar-refractivity contribution is 8.76. The number of aromatic carboxylic acids is 1. The first-order valence-corrected chi connectivity index (χ1v) is 14.7. The van der Waals surface area contributed by atoms with E-state index in [2.05, 4.69) is 6.92 Å². The summed E-state index contributed by atoms with van der Waals surface area (Å²) in [6.07, 6.45) is 21.7. The third kappa shape index (κ3) is 14.0. The first kappa shape index (κ1) is 28.8. The van der Waals surface area contributed by atoms with Gasteiger partial charge in [-0.15, -0.1) is 0 Å². The molecule has 182 valence electrons. The molecule has 0 unspecified atom stereocenters. The van der Waals surface area contributed by atoms with Gasteiger partial charge in [0.25, 0.3) is 5.69 Å². The number of rotatable bonds is 21. The van der Waals surface area contributed by atoms with E-state index < -0.39 is 10.9 Å². The number of nitro benzene ring substituents is 1. The molecule has 0 heterocycles. The lowest BCUT2D eigenvalue weighted by Crippen LogP contribution is -2.02. The lowest BCUT2D eigenvalue weighted by atomic mass is 10.0. The van der Waals surface area contributed by atoms with E-state index in [-0.39, 0.29) is 11.3 Å². The largest absolute Gasteiger partial charge is 0.477 e. The van der Waals surface area contributed by atoms with Crippen molar-refractivity contribution < 1.29 is 14.8 Å². The van der Waals surface area contributed by atoms with Gasteiger partial charge in [-0.1, -0.05) is 125 Å². The highest BCUT2D eigenvalue weighted by Crippen LogP contribution is 2.34. The molecule has 0 aliphatic carbocycles. The molecule has 32 heavy (non-hydrogen) atoms. The first-order valence-electron chi connectivity index (χ1n) is 12.4. The van der Waals surface area contributed by atoms with Crippen LogP contribution < -0.4 is 0 Å². The third-order valence-electron chi connectivity index (χ3n) is 5.63. The molecule has 1 aromatic carbocycles. The number of nitrogens with zero attached hydrogens (tertiary/aromatic N) is 1. The Morgan fingerprint density at radius 2 is 1.31 bits per heavy atom. The fourth-order valence-corrected chi connectivity index (χ4v) is 5.87. The van der Waals surface area contributed by atoms with E-state index in [0.29, 0.717) is 0 Å². The molecule has 0 amide bonds. The van der Waals surface area contributed by atoms with Gasteiger partial charge >= 0.3 is 5.97 Å². The molecule has 0 spiro atoms. The van der Waals surface area contributed by atoms with Crippen LogP contribution in [-0.2, 0) is 0 Å². The van der Waals surface area contributed by atoms with Gasteiger partial charge in [-0.2, -0.15) is 0 Å². The summed E-state index contributed by atoms with van der Waals surface area (Å²) in [5.41, 5.74) is -0.604. The second-order valence-corrected chi connectivity index (χ2v) is 10.9. The Hall–Kier alpha value is -1.21. The lowest BCUT2D eigenvalue weighted by Gasteiger charge is -2.04. The Labute approximate surface area is 202 Å². The third-order valence-corrected chi connectivity index (χ3v) is 8.08. The summed E-state index contributed by atoms with van der Waals surface area (Å²) in [5, 5.41) is 20.0. The maximum Gasteiger partial charge on any atom is 0.342 e. The molecule has 1 N–H and O–H groups in total. The van der Waals surface area contributed by atoms with Gasteiger partial charge < -0.3 is 5.11 Å². The van der Waals surface area contributed by atoms with Crippen LogP contribution in [0.2, 0.25) is 0 Å². The summed E-state index contributed by atoms with van der Waals surface area (Å²) in [5.74, 6) is -0.260. The van der Waals surface area contributed by atoms with Crippen LogP contribution in [0.15, 0.2) is 23.1 Å².